The largest absolute Gasteiger partial charge is 0.384 e. The highest BCUT2D eigenvalue weighted by Gasteiger charge is 2.51. The average molecular weight is 469 g/mol. The van der Waals surface area contributed by atoms with E-state index in [0.717, 1.165) is 0 Å². The van der Waals surface area contributed by atoms with Gasteiger partial charge in [0.1, 0.15) is 6.61 Å². The van der Waals surface area contributed by atoms with Crippen molar-refractivity contribution in [2.75, 3.05) is 0 Å². The number of hydroxylamine groups is 2. The van der Waals surface area contributed by atoms with Gasteiger partial charge >= 0.3 is 5.92 Å². The van der Waals surface area contributed by atoms with Gasteiger partial charge in [-0.2, -0.15) is 8.78 Å². The van der Waals surface area contributed by atoms with Crippen molar-refractivity contribution in [2.24, 2.45) is 0 Å². The molecule has 0 radical (unpaired) electrons. The van der Waals surface area contributed by atoms with E-state index in [1.807, 2.05) is 0 Å². The number of amides is 2. The summed E-state index contributed by atoms with van der Waals surface area (Å²) in [6.45, 7) is -0.212. The Morgan fingerprint density at radius 3 is 1.94 bits per heavy atom. The number of halogens is 2. The molecular weight excluding hydrogens is 442 g/mol. The fourth-order valence-corrected chi connectivity index (χ4v) is 3.40. The van der Waals surface area contributed by atoms with E-state index in [1.54, 1.807) is 91.0 Å². The Kier molecular flexibility index (Phi) is 8.84. The van der Waals surface area contributed by atoms with Crippen LogP contribution in [0.3, 0.4) is 0 Å². The zero-order valence-electron chi connectivity index (χ0n) is 18.4. The van der Waals surface area contributed by atoms with E-state index in [0.29, 0.717) is 21.8 Å². The first-order valence-electron chi connectivity index (χ1n) is 10.7. The molecule has 6 nitrogen and oxygen atoms in total. The summed E-state index contributed by atoms with van der Waals surface area (Å²) in [6, 6.07) is 24.4. The minimum Gasteiger partial charge on any atom is -0.384 e. The topological polar surface area (TPSA) is 78.9 Å². The van der Waals surface area contributed by atoms with Gasteiger partial charge in [0.25, 0.3) is 5.91 Å². The van der Waals surface area contributed by atoms with E-state index < -0.39 is 24.0 Å². The summed E-state index contributed by atoms with van der Waals surface area (Å²) in [4.78, 5) is 29.6. The Labute approximate surface area is 196 Å². The second-order valence-electron chi connectivity index (χ2n) is 7.72. The third kappa shape index (κ3) is 6.69. The Hall–Kier alpha value is -3.62. The standard InChI is InChI=1S/C26H26F2N2O4/c27-26(28,25(33)29-17-21-12-6-2-7-13-21)24(32)23(16-20-10-4-1-5-11-20)30(19-31)34-18-22-14-8-3-9-15-22/h1-15,19,23-24,32H,16-18H2,(H,29,33). The molecule has 0 saturated carbocycles. The van der Waals surface area contributed by atoms with Crippen LogP contribution in [0.1, 0.15) is 16.7 Å². The third-order valence-electron chi connectivity index (χ3n) is 5.28. The van der Waals surface area contributed by atoms with Gasteiger partial charge in [0.15, 0.2) is 6.10 Å². The number of benzene rings is 3. The first kappa shape index (κ1) is 25.0. The molecule has 2 atom stereocenters. The first-order chi connectivity index (χ1) is 16.4. The van der Waals surface area contributed by atoms with Crippen LogP contribution >= 0.6 is 0 Å². The summed E-state index contributed by atoms with van der Waals surface area (Å²) < 4.78 is 30.1. The normalized spacial score (nSPS) is 13.0. The van der Waals surface area contributed by atoms with Gasteiger partial charge in [0.2, 0.25) is 6.41 Å². The summed E-state index contributed by atoms with van der Waals surface area (Å²) in [5.74, 6) is -5.83. The van der Waals surface area contributed by atoms with E-state index in [1.165, 1.54) is 0 Å². The van der Waals surface area contributed by atoms with Crippen molar-refractivity contribution in [3.05, 3.63) is 108 Å². The molecule has 0 aromatic heterocycles. The molecule has 3 rings (SSSR count). The lowest BCUT2D eigenvalue weighted by Crippen LogP contribution is -2.57. The van der Waals surface area contributed by atoms with Crippen LogP contribution in [0.4, 0.5) is 8.78 Å². The minimum atomic E-state index is -4.19. The van der Waals surface area contributed by atoms with Crippen molar-refractivity contribution in [1.29, 1.82) is 0 Å². The number of aliphatic hydroxyl groups is 1. The molecule has 0 heterocycles. The number of hydrogen-bond donors (Lipinski definition) is 2. The van der Waals surface area contributed by atoms with Gasteiger partial charge < -0.3 is 10.4 Å². The minimum absolute atomic E-state index is 0.0800. The van der Waals surface area contributed by atoms with Gasteiger partial charge in [0, 0.05) is 6.54 Å². The monoisotopic (exact) mass is 468 g/mol. The van der Waals surface area contributed by atoms with Crippen LogP contribution in [-0.4, -0.2) is 40.6 Å². The van der Waals surface area contributed by atoms with Crippen LogP contribution in [0.5, 0.6) is 0 Å². The maximum atomic E-state index is 15.1. The summed E-state index contributed by atoms with van der Waals surface area (Å²) in [5.41, 5.74) is 1.92. The molecule has 3 aromatic carbocycles. The number of rotatable bonds is 12. The highest BCUT2D eigenvalue weighted by atomic mass is 19.3. The van der Waals surface area contributed by atoms with Gasteiger partial charge in [-0.15, -0.1) is 0 Å². The molecule has 0 saturated heterocycles. The Bertz CT molecular complexity index is 1040. The number of carbonyl (C=O) groups excluding carboxylic acids is 2. The van der Waals surface area contributed by atoms with E-state index >= 15 is 8.78 Å². The van der Waals surface area contributed by atoms with Crippen molar-refractivity contribution in [3.63, 3.8) is 0 Å². The quantitative estimate of drug-likeness (QED) is 0.315. The maximum absolute atomic E-state index is 15.1. The molecule has 8 heteroatoms. The molecule has 0 aliphatic carbocycles. The summed E-state index contributed by atoms with van der Waals surface area (Å²) in [5, 5.41) is 13.5. The van der Waals surface area contributed by atoms with Gasteiger partial charge in [-0.3, -0.25) is 14.4 Å². The lowest BCUT2D eigenvalue weighted by molar-refractivity contribution is -0.226. The van der Waals surface area contributed by atoms with Crippen molar-refractivity contribution in [2.45, 2.75) is 37.6 Å². The molecule has 0 spiro atoms. The molecule has 0 aliphatic rings. The fourth-order valence-electron chi connectivity index (χ4n) is 3.40. The lowest BCUT2D eigenvalue weighted by Gasteiger charge is -2.34. The van der Waals surface area contributed by atoms with Gasteiger partial charge in [-0.1, -0.05) is 91.0 Å². The number of nitrogens with one attached hydrogen (secondary N) is 1. The second-order valence-corrected chi connectivity index (χ2v) is 7.72. The molecule has 0 fully saturated rings. The van der Waals surface area contributed by atoms with Gasteiger partial charge in [0.05, 0.1) is 6.04 Å². The van der Waals surface area contributed by atoms with Crippen molar-refractivity contribution in [1.82, 2.24) is 10.4 Å². The smallest absolute Gasteiger partial charge is 0.351 e. The van der Waals surface area contributed by atoms with Gasteiger partial charge in [-0.25, -0.2) is 5.06 Å². The van der Waals surface area contributed by atoms with Crippen LogP contribution in [0.2, 0.25) is 0 Å². The number of alkyl halides is 2. The SMILES string of the molecule is O=CN(OCc1ccccc1)C(Cc1ccccc1)C(O)C(F)(F)C(=O)NCc1ccccc1. The number of aliphatic hydroxyl groups excluding tert-OH is 1. The van der Waals surface area contributed by atoms with Gasteiger partial charge in [-0.05, 0) is 23.1 Å². The fraction of sp³-hybridized carbons (Fsp3) is 0.231. The molecule has 2 unspecified atom stereocenters. The first-order valence-corrected chi connectivity index (χ1v) is 10.7. The van der Waals surface area contributed by atoms with Crippen molar-refractivity contribution in [3.8, 4) is 0 Å². The molecule has 178 valence electrons. The Morgan fingerprint density at radius 1 is 0.912 bits per heavy atom. The predicted molar refractivity (Wildman–Crippen MR) is 122 cm³/mol. The number of hydrogen-bond acceptors (Lipinski definition) is 4. The molecule has 2 amide bonds. The lowest BCUT2D eigenvalue weighted by atomic mass is 9.96. The van der Waals surface area contributed by atoms with Crippen LogP contribution in [0.25, 0.3) is 0 Å². The van der Waals surface area contributed by atoms with Crippen LogP contribution in [-0.2, 0) is 34.0 Å². The highest BCUT2D eigenvalue weighted by Crippen LogP contribution is 2.27. The van der Waals surface area contributed by atoms with E-state index in [9.17, 15) is 14.7 Å². The molecule has 34 heavy (non-hydrogen) atoms. The molecular formula is C26H26F2N2O4. The Morgan fingerprint density at radius 2 is 1.41 bits per heavy atom. The van der Waals surface area contributed by atoms with Crippen molar-refractivity contribution >= 4 is 12.3 Å². The van der Waals surface area contributed by atoms with Crippen LogP contribution in [0, 0.1) is 0 Å². The van der Waals surface area contributed by atoms with E-state index in [4.69, 9.17) is 4.84 Å². The third-order valence-corrected chi connectivity index (χ3v) is 5.28. The molecule has 0 bridgehead atoms. The zero-order valence-corrected chi connectivity index (χ0v) is 18.4. The summed E-state index contributed by atoms with van der Waals surface area (Å²) in [6.07, 6.45) is -2.45. The maximum Gasteiger partial charge on any atom is 0.351 e. The van der Waals surface area contributed by atoms with Crippen LogP contribution < -0.4 is 5.32 Å². The summed E-state index contributed by atoms with van der Waals surface area (Å²) in [7, 11) is 0. The van der Waals surface area contributed by atoms with E-state index in [-0.39, 0.29) is 26.0 Å². The predicted octanol–water partition coefficient (Wildman–Crippen LogP) is 3.50. The molecule has 2 N–H and O–H groups in total. The molecule has 0 aliphatic heterocycles. The molecule has 3 aromatic rings. The van der Waals surface area contributed by atoms with Crippen LogP contribution in [0.15, 0.2) is 91.0 Å². The Balaban J connectivity index is 1.78. The second kappa shape index (κ2) is 12.0. The number of carbonyl (C=O) groups is 2. The van der Waals surface area contributed by atoms with E-state index in [2.05, 4.69) is 5.32 Å². The highest BCUT2D eigenvalue weighted by molar-refractivity contribution is 5.84. The average Bonchev–Trinajstić information content (AvgIpc) is 2.88. The number of nitrogens with zero attached hydrogens (tertiary/aromatic N) is 1. The van der Waals surface area contributed by atoms with Crippen molar-refractivity contribution < 1.29 is 28.3 Å². The summed E-state index contributed by atoms with van der Waals surface area (Å²) >= 11 is 0. The zero-order chi connectivity index (χ0) is 24.4.